The van der Waals surface area contributed by atoms with Crippen LogP contribution in [0, 0.1) is 0 Å². The molecule has 22 heavy (non-hydrogen) atoms. The number of halogens is 1. The quantitative estimate of drug-likeness (QED) is 0.638. The third-order valence-corrected chi connectivity index (χ3v) is 5.20. The van der Waals surface area contributed by atoms with Crippen molar-refractivity contribution in [1.82, 2.24) is 9.80 Å². The summed E-state index contributed by atoms with van der Waals surface area (Å²) in [5.41, 5.74) is 0. The van der Waals surface area contributed by atoms with E-state index in [0.717, 1.165) is 19.9 Å². The number of hydrogen-bond donors (Lipinski definition) is 0. The lowest BCUT2D eigenvalue weighted by Crippen LogP contribution is -2.37. The van der Waals surface area contributed by atoms with Crippen molar-refractivity contribution in [2.75, 3.05) is 0 Å². The minimum Gasteiger partial charge on any atom is -0.263 e. The van der Waals surface area contributed by atoms with Crippen molar-refractivity contribution < 1.29 is 14.4 Å². The first-order chi connectivity index (χ1) is 10.4. The first kappa shape index (κ1) is 15.0. The van der Waals surface area contributed by atoms with E-state index in [1.165, 1.54) is 11.3 Å². The van der Waals surface area contributed by atoms with E-state index in [4.69, 9.17) is 11.6 Å². The van der Waals surface area contributed by atoms with E-state index in [-0.39, 0.29) is 12.6 Å². The van der Waals surface area contributed by atoms with Gasteiger partial charge in [0, 0.05) is 21.0 Å². The zero-order valence-corrected chi connectivity index (χ0v) is 13.6. The SMILES string of the molecule is CC(C)N1C(=O)C(=O)N(Cc2sc3ccccc3c2Cl)C1=O. The largest absolute Gasteiger partial charge is 0.334 e. The van der Waals surface area contributed by atoms with Crippen molar-refractivity contribution in [3.8, 4) is 0 Å². The molecule has 7 heteroatoms. The Hall–Kier alpha value is -1.92. The second kappa shape index (κ2) is 5.37. The Labute approximate surface area is 136 Å². The topological polar surface area (TPSA) is 57.7 Å². The smallest absolute Gasteiger partial charge is 0.263 e. The summed E-state index contributed by atoms with van der Waals surface area (Å²) in [5.74, 6) is -1.58. The Balaban J connectivity index is 1.95. The normalized spacial score (nSPS) is 15.7. The van der Waals surface area contributed by atoms with Gasteiger partial charge in [-0.15, -0.1) is 11.3 Å². The van der Waals surface area contributed by atoms with E-state index in [2.05, 4.69) is 0 Å². The molecule has 1 aromatic heterocycles. The summed E-state index contributed by atoms with van der Waals surface area (Å²) in [4.78, 5) is 38.8. The lowest BCUT2D eigenvalue weighted by molar-refractivity contribution is -0.143. The molecule has 0 saturated carbocycles. The highest BCUT2D eigenvalue weighted by Gasteiger charge is 2.45. The minimum atomic E-state index is -0.799. The number of carbonyl (C=O) groups excluding carboxylic acids is 3. The zero-order valence-electron chi connectivity index (χ0n) is 12.0. The Morgan fingerprint density at radius 1 is 1.14 bits per heavy atom. The fourth-order valence-corrected chi connectivity index (χ4v) is 3.91. The number of thiophene rings is 1. The van der Waals surface area contributed by atoms with E-state index in [1.54, 1.807) is 13.8 Å². The second-order valence-electron chi connectivity index (χ2n) is 5.28. The molecule has 0 unspecified atom stereocenters. The van der Waals surface area contributed by atoms with Crippen LogP contribution in [0.4, 0.5) is 4.79 Å². The predicted molar refractivity (Wildman–Crippen MR) is 84.8 cm³/mol. The van der Waals surface area contributed by atoms with Crippen LogP contribution in [0.5, 0.6) is 0 Å². The predicted octanol–water partition coefficient (Wildman–Crippen LogP) is 3.25. The van der Waals surface area contributed by atoms with Gasteiger partial charge in [-0.1, -0.05) is 29.8 Å². The first-order valence-corrected chi connectivity index (χ1v) is 7.96. The number of imide groups is 2. The highest BCUT2D eigenvalue weighted by molar-refractivity contribution is 7.19. The molecule has 5 nitrogen and oxygen atoms in total. The van der Waals surface area contributed by atoms with Gasteiger partial charge in [0.25, 0.3) is 0 Å². The summed E-state index contributed by atoms with van der Waals surface area (Å²) in [6.07, 6.45) is 0. The third-order valence-electron chi connectivity index (χ3n) is 3.50. The Bertz CT molecular complexity index is 799. The van der Waals surface area contributed by atoms with Crippen molar-refractivity contribution in [3.63, 3.8) is 0 Å². The first-order valence-electron chi connectivity index (χ1n) is 6.76. The Morgan fingerprint density at radius 2 is 1.82 bits per heavy atom. The highest BCUT2D eigenvalue weighted by Crippen LogP contribution is 2.36. The summed E-state index contributed by atoms with van der Waals surface area (Å²) >= 11 is 7.75. The summed E-state index contributed by atoms with van der Waals surface area (Å²) in [7, 11) is 0. The fourth-order valence-electron chi connectivity index (χ4n) is 2.43. The van der Waals surface area contributed by atoms with E-state index in [0.29, 0.717) is 9.90 Å². The maximum atomic E-state index is 12.3. The van der Waals surface area contributed by atoms with Crippen molar-refractivity contribution in [2.24, 2.45) is 0 Å². The van der Waals surface area contributed by atoms with Gasteiger partial charge in [0.05, 0.1) is 11.6 Å². The molecule has 2 heterocycles. The molecule has 4 amide bonds. The number of rotatable bonds is 3. The molecule has 0 bridgehead atoms. The van der Waals surface area contributed by atoms with Crippen LogP contribution in [-0.2, 0) is 16.1 Å². The summed E-state index contributed by atoms with van der Waals surface area (Å²) < 4.78 is 0.980. The average Bonchev–Trinajstić information content (AvgIpc) is 2.90. The number of hydrogen-bond acceptors (Lipinski definition) is 4. The van der Waals surface area contributed by atoms with Crippen molar-refractivity contribution in [1.29, 1.82) is 0 Å². The molecular formula is C15H13ClN2O3S. The van der Waals surface area contributed by atoms with E-state index in [1.807, 2.05) is 24.3 Å². The molecule has 1 aliphatic heterocycles. The number of fused-ring (bicyclic) bond motifs is 1. The van der Waals surface area contributed by atoms with Gasteiger partial charge >= 0.3 is 17.8 Å². The second-order valence-corrected chi connectivity index (χ2v) is 6.79. The van der Waals surface area contributed by atoms with Crippen LogP contribution in [0.2, 0.25) is 5.02 Å². The van der Waals surface area contributed by atoms with Crippen LogP contribution in [0.3, 0.4) is 0 Å². The molecule has 1 aliphatic rings. The standard InChI is InChI=1S/C15H13ClN2O3S/c1-8(2)18-14(20)13(19)17(15(18)21)7-11-12(16)9-5-3-4-6-10(9)22-11/h3-6,8H,7H2,1-2H3. The monoisotopic (exact) mass is 336 g/mol. The van der Waals surface area contributed by atoms with Crippen molar-refractivity contribution in [3.05, 3.63) is 34.2 Å². The van der Waals surface area contributed by atoms with E-state index >= 15 is 0 Å². The van der Waals surface area contributed by atoms with Crippen molar-refractivity contribution in [2.45, 2.75) is 26.4 Å². The molecular weight excluding hydrogens is 324 g/mol. The van der Waals surface area contributed by atoms with Gasteiger partial charge in [-0.3, -0.25) is 19.4 Å². The number of urea groups is 1. The van der Waals surface area contributed by atoms with E-state index < -0.39 is 17.8 Å². The molecule has 0 spiro atoms. The molecule has 2 aromatic rings. The van der Waals surface area contributed by atoms with Crippen LogP contribution in [0.15, 0.2) is 24.3 Å². The summed E-state index contributed by atoms with van der Waals surface area (Å²) in [6, 6.07) is 6.65. The van der Waals surface area contributed by atoms with Crippen LogP contribution >= 0.6 is 22.9 Å². The lowest BCUT2D eigenvalue weighted by atomic mass is 10.2. The zero-order chi connectivity index (χ0) is 16.0. The number of benzene rings is 1. The Morgan fingerprint density at radius 3 is 2.41 bits per heavy atom. The molecule has 1 fully saturated rings. The van der Waals surface area contributed by atoms with Gasteiger partial charge in [0.2, 0.25) is 0 Å². The van der Waals surface area contributed by atoms with E-state index in [9.17, 15) is 14.4 Å². The van der Waals surface area contributed by atoms with Gasteiger partial charge in [-0.05, 0) is 19.9 Å². The molecule has 1 saturated heterocycles. The van der Waals surface area contributed by atoms with Gasteiger partial charge in [-0.25, -0.2) is 4.79 Å². The molecule has 0 atom stereocenters. The van der Waals surface area contributed by atoms with Crippen LogP contribution < -0.4 is 0 Å². The average molecular weight is 337 g/mol. The van der Waals surface area contributed by atoms with Crippen LogP contribution in [-0.4, -0.2) is 33.7 Å². The van der Waals surface area contributed by atoms with Gasteiger partial charge in [0.1, 0.15) is 0 Å². The lowest BCUT2D eigenvalue weighted by Gasteiger charge is -2.18. The summed E-state index contributed by atoms with van der Waals surface area (Å²) in [5, 5.41) is 1.41. The number of carbonyl (C=O) groups is 3. The number of nitrogens with zero attached hydrogens (tertiary/aromatic N) is 2. The van der Waals surface area contributed by atoms with Crippen LogP contribution in [0.1, 0.15) is 18.7 Å². The Kier molecular flexibility index (Phi) is 3.66. The molecule has 1 aromatic carbocycles. The van der Waals surface area contributed by atoms with Gasteiger partial charge < -0.3 is 0 Å². The molecule has 3 rings (SSSR count). The summed E-state index contributed by atoms with van der Waals surface area (Å²) in [6.45, 7) is 3.41. The third kappa shape index (κ3) is 2.19. The fraction of sp³-hybridized carbons (Fsp3) is 0.267. The van der Waals surface area contributed by atoms with Gasteiger partial charge in [0.15, 0.2) is 0 Å². The molecule has 114 valence electrons. The van der Waals surface area contributed by atoms with Gasteiger partial charge in [-0.2, -0.15) is 0 Å². The highest BCUT2D eigenvalue weighted by atomic mass is 35.5. The molecule has 0 aliphatic carbocycles. The molecule has 0 radical (unpaired) electrons. The maximum absolute atomic E-state index is 12.3. The number of amides is 4. The van der Waals surface area contributed by atoms with Crippen molar-refractivity contribution >= 4 is 50.9 Å². The maximum Gasteiger partial charge on any atom is 0.334 e. The molecule has 0 N–H and O–H groups in total. The van der Waals surface area contributed by atoms with Crippen LogP contribution in [0.25, 0.3) is 10.1 Å². The minimum absolute atomic E-state index is 0.0187.